The van der Waals surface area contributed by atoms with E-state index in [9.17, 15) is 19.2 Å². The Hall–Kier alpha value is -4.61. The maximum atomic E-state index is 13.7. The van der Waals surface area contributed by atoms with E-state index in [2.05, 4.69) is 5.32 Å². The van der Waals surface area contributed by atoms with Crippen LogP contribution in [0.3, 0.4) is 0 Å². The Morgan fingerprint density at radius 1 is 1.10 bits per heavy atom. The van der Waals surface area contributed by atoms with Gasteiger partial charge in [0.15, 0.2) is 11.5 Å². The highest BCUT2D eigenvalue weighted by Gasteiger charge is 2.50. The van der Waals surface area contributed by atoms with Gasteiger partial charge in [-0.2, -0.15) is 0 Å². The molecule has 0 unspecified atom stereocenters. The molecule has 5 heterocycles. The number of esters is 2. The second kappa shape index (κ2) is 8.97. The topological polar surface area (TPSA) is 144 Å². The Morgan fingerprint density at radius 3 is 2.58 bits per heavy atom. The molecule has 1 N–H and O–H groups in total. The van der Waals surface area contributed by atoms with Crippen molar-refractivity contribution in [2.45, 2.75) is 58.5 Å². The molecule has 3 aliphatic rings. The summed E-state index contributed by atoms with van der Waals surface area (Å²) in [4.78, 5) is 56.5. The van der Waals surface area contributed by atoms with Crippen LogP contribution in [0.25, 0.3) is 22.3 Å². The average molecular weight is 550 g/mol. The Balaban J connectivity index is 1.38. The maximum absolute atomic E-state index is 13.7. The zero-order chi connectivity index (χ0) is 28.4. The van der Waals surface area contributed by atoms with E-state index < -0.39 is 35.8 Å². The lowest BCUT2D eigenvalue weighted by Gasteiger charge is -2.35. The smallest absolute Gasteiger partial charge is 0.408 e. The van der Waals surface area contributed by atoms with E-state index in [0.29, 0.717) is 28.4 Å². The van der Waals surface area contributed by atoms with Crippen LogP contribution in [-0.2, 0) is 42.6 Å². The number of pyridine rings is 2. The van der Waals surface area contributed by atoms with Crippen molar-refractivity contribution in [2.24, 2.45) is 0 Å². The summed E-state index contributed by atoms with van der Waals surface area (Å²) in [7, 11) is 0. The van der Waals surface area contributed by atoms with E-state index in [1.165, 1.54) is 0 Å². The fourth-order valence-electron chi connectivity index (χ4n) is 5.22. The molecule has 0 radical (unpaired) electrons. The summed E-state index contributed by atoms with van der Waals surface area (Å²) < 4.78 is 28.7. The van der Waals surface area contributed by atoms with E-state index in [4.69, 9.17) is 28.7 Å². The summed E-state index contributed by atoms with van der Waals surface area (Å²) in [5.74, 6) is -0.474. The van der Waals surface area contributed by atoms with Crippen molar-refractivity contribution in [3.05, 3.63) is 51.3 Å². The number of amides is 1. The SMILES string of the molecule is CC[C@@]1(OC(=O)CNC(=O)OC(C)(C)C)C(=O)OCc2c1cc1n(c2=O)Cc2cc3cc4c(cc3nc2-1)OCO4. The predicted molar refractivity (Wildman–Crippen MR) is 139 cm³/mol. The van der Waals surface area contributed by atoms with Crippen LogP contribution in [0.1, 0.15) is 50.8 Å². The molecule has 1 aromatic carbocycles. The molecule has 6 rings (SSSR count). The largest absolute Gasteiger partial charge is 0.457 e. The molecule has 0 fully saturated rings. The second-order valence-electron chi connectivity index (χ2n) is 10.8. The highest BCUT2D eigenvalue weighted by atomic mass is 16.7. The van der Waals surface area contributed by atoms with Gasteiger partial charge in [0.05, 0.1) is 29.0 Å². The molecule has 1 atom stereocenters. The number of carbonyl (C=O) groups is 3. The number of benzene rings is 1. The number of ether oxygens (including phenoxy) is 5. The van der Waals surface area contributed by atoms with Gasteiger partial charge < -0.3 is 33.6 Å². The molecule has 208 valence electrons. The van der Waals surface area contributed by atoms with Gasteiger partial charge in [0, 0.05) is 22.6 Å². The first-order valence-electron chi connectivity index (χ1n) is 12.9. The molecule has 0 aliphatic carbocycles. The van der Waals surface area contributed by atoms with E-state index >= 15 is 0 Å². The molecule has 2 aromatic heterocycles. The third-order valence-electron chi connectivity index (χ3n) is 7.03. The molecular formula is C28H27N3O9. The molecule has 12 nitrogen and oxygen atoms in total. The summed E-state index contributed by atoms with van der Waals surface area (Å²) >= 11 is 0. The number of carbonyl (C=O) groups excluding carboxylic acids is 3. The van der Waals surface area contributed by atoms with Crippen LogP contribution in [0.4, 0.5) is 4.79 Å². The van der Waals surface area contributed by atoms with Gasteiger partial charge in [-0.1, -0.05) is 6.92 Å². The monoisotopic (exact) mass is 549 g/mol. The molecular weight excluding hydrogens is 522 g/mol. The van der Waals surface area contributed by atoms with Crippen LogP contribution in [0, 0.1) is 0 Å². The molecule has 1 amide bonds. The minimum absolute atomic E-state index is 0.00137. The zero-order valence-electron chi connectivity index (χ0n) is 22.4. The third-order valence-corrected chi connectivity index (χ3v) is 7.03. The highest BCUT2D eigenvalue weighted by molar-refractivity contribution is 5.90. The minimum Gasteiger partial charge on any atom is -0.457 e. The van der Waals surface area contributed by atoms with Crippen molar-refractivity contribution < 1.29 is 38.1 Å². The van der Waals surface area contributed by atoms with Crippen LogP contribution >= 0.6 is 0 Å². The molecule has 3 aromatic rings. The summed E-state index contributed by atoms with van der Waals surface area (Å²) in [6.45, 7) is 6.33. The van der Waals surface area contributed by atoms with Gasteiger partial charge >= 0.3 is 18.0 Å². The number of rotatable bonds is 4. The number of cyclic esters (lactones) is 1. The first-order chi connectivity index (χ1) is 19.0. The number of hydrogen-bond donors (Lipinski definition) is 1. The minimum atomic E-state index is -1.87. The van der Waals surface area contributed by atoms with Crippen LogP contribution in [-0.4, -0.2) is 46.5 Å². The van der Waals surface area contributed by atoms with Crippen LogP contribution in [0.5, 0.6) is 11.5 Å². The predicted octanol–water partition coefficient (Wildman–Crippen LogP) is 2.88. The van der Waals surface area contributed by atoms with Crippen LogP contribution < -0.4 is 20.3 Å². The molecule has 3 aliphatic heterocycles. The molecule has 0 saturated carbocycles. The quantitative estimate of drug-likeness (QED) is 0.298. The number of alkyl carbamates (subject to hydrolysis) is 1. The van der Waals surface area contributed by atoms with Gasteiger partial charge in [0.2, 0.25) is 12.4 Å². The van der Waals surface area contributed by atoms with Crippen molar-refractivity contribution in [2.75, 3.05) is 13.3 Å². The molecule has 12 heteroatoms. The van der Waals surface area contributed by atoms with Gasteiger partial charge in [-0.15, -0.1) is 0 Å². The molecule has 0 bridgehead atoms. The zero-order valence-corrected chi connectivity index (χ0v) is 22.4. The lowest BCUT2D eigenvalue weighted by atomic mass is 9.85. The van der Waals surface area contributed by atoms with Crippen LogP contribution in [0.2, 0.25) is 0 Å². The van der Waals surface area contributed by atoms with E-state index in [1.54, 1.807) is 44.4 Å². The van der Waals surface area contributed by atoms with E-state index in [1.807, 2.05) is 12.1 Å². The summed E-state index contributed by atoms with van der Waals surface area (Å²) in [5, 5.41) is 3.16. The first kappa shape index (κ1) is 25.7. The van der Waals surface area contributed by atoms with Crippen molar-refractivity contribution in [1.29, 1.82) is 0 Å². The highest BCUT2D eigenvalue weighted by Crippen LogP contribution is 2.42. The number of nitrogens with one attached hydrogen (secondary N) is 1. The second-order valence-corrected chi connectivity index (χ2v) is 10.8. The lowest BCUT2D eigenvalue weighted by molar-refractivity contribution is -0.188. The van der Waals surface area contributed by atoms with Gasteiger partial charge in [-0.05, 0) is 45.4 Å². The number of fused-ring (bicyclic) bond motifs is 6. The number of nitrogens with zero attached hydrogens (tertiary/aromatic N) is 2. The Labute approximate surface area is 228 Å². The fourth-order valence-corrected chi connectivity index (χ4v) is 5.22. The van der Waals surface area contributed by atoms with Crippen molar-refractivity contribution in [3.63, 3.8) is 0 Å². The standard InChI is InChI=1S/C28H27N3O9/c1-5-28(39-22(32)10-29-26(35)40-27(2,3)4)17-8-19-23-15(11-31(19)24(33)16(17)12-36-25(28)34)6-14-7-20-21(38-13-37-20)9-18(14)30-23/h6-9H,5,10-13H2,1-4H3,(H,29,35)/t28-/m0/s1. The molecule has 0 saturated heterocycles. The maximum Gasteiger partial charge on any atom is 0.408 e. The number of aromatic nitrogens is 2. The average Bonchev–Trinajstić information content (AvgIpc) is 3.49. The van der Waals surface area contributed by atoms with Gasteiger partial charge in [0.25, 0.3) is 5.56 Å². The van der Waals surface area contributed by atoms with E-state index in [-0.39, 0.29) is 43.1 Å². The summed E-state index contributed by atoms with van der Waals surface area (Å²) in [6, 6.07) is 7.25. The van der Waals surface area contributed by atoms with Crippen LogP contribution in [0.15, 0.2) is 29.1 Å². The van der Waals surface area contributed by atoms with Gasteiger partial charge in [0.1, 0.15) is 18.8 Å². The Kier molecular flexibility index (Phi) is 5.75. The van der Waals surface area contributed by atoms with Crippen molar-refractivity contribution in [3.8, 4) is 22.9 Å². The molecule has 0 spiro atoms. The van der Waals surface area contributed by atoms with Gasteiger partial charge in [-0.25, -0.2) is 14.6 Å². The van der Waals surface area contributed by atoms with E-state index in [0.717, 1.165) is 10.9 Å². The van der Waals surface area contributed by atoms with Crippen molar-refractivity contribution >= 4 is 28.9 Å². The fraction of sp³-hybridized carbons (Fsp3) is 0.393. The summed E-state index contributed by atoms with van der Waals surface area (Å²) in [6.07, 6.45) is -0.809. The summed E-state index contributed by atoms with van der Waals surface area (Å²) in [5.41, 5.74) is 0.00886. The third kappa shape index (κ3) is 4.10. The Morgan fingerprint density at radius 2 is 1.85 bits per heavy atom. The normalized spacial score (nSPS) is 18.4. The first-order valence-corrected chi connectivity index (χ1v) is 12.9. The van der Waals surface area contributed by atoms with Gasteiger partial charge in [-0.3, -0.25) is 9.59 Å². The van der Waals surface area contributed by atoms with Crippen molar-refractivity contribution in [1.82, 2.24) is 14.9 Å². The lowest BCUT2D eigenvalue weighted by Crippen LogP contribution is -2.49. The molecule has 40 heavy (non-hydrogen) atoms. The number of hydrogen-bond acceptors (Lipinski definition) is 10. The Bertz CT molecular complexity index is 1670.